The minimum atomic E-state index is -3.31. The average molecular weight is 389 g/mol. The van der Waals surface area contributed by atoms with E-state index in [4.69, 9.17) is 0 Å². The number of aromatic nitrogens is 3. The lowest BCUT2D eigenvalue weighted by Gasteiger charge is -2.28. The van der Waals surface area contributed by atoms with E-state index in [9.17, 15) is 13.2 Å². The minimum Gasteiger partial charge on any atom is -0.342 e. The summed E-state index contributed by atoms with van der Waals surface area (Å²) in [4.78, 5) is 14.5. The molecule has 1 aromatic carbocycles. The first kappa shape index (κ1) is 18.1. The number of amides is 1. The molecule has 144 valence electrons. The number of aryl methyl sites for hydroxylation is 1. The highest BCUT2D eigenvalue weighted by molar-refractivity contribution is 7.88. The highest BCUT2D eigenvalue weighted by atomic mass is 32.2. The maximum atomic E-state index is 12.6. The maximum Gasteiger partial charge on any atom is 0.224 e. The number of likely N-dealkylation sites (tertiary alicyclic amines) is 1. The van der Waals surface area contributed by atoms with Crippen molar-refractivity contribution in [2.75, 3.05) is 25.9 Å². The molecule has 2 saturated heterocycles. The number of sulfonamides is 1. The fourth-order valence-electron chi connectivity index (χ4n) is 4.34. The van der Waals surface area contributed by atoms with E-state index in [0.29, 0.717) is 32.6 Å². The summed E-state index contributed by atoms with van der Waals surface area (Å²) in [6, 6.07) is 9.53. The number of fused-ring (bicyclic) bond motifs is 1. The Morgan fingerprint density at radius 2 is 1.81 bits per heavy atom. The van der Waals surface area contributed by atoms with Crippen molar-refractivity contribution in [2.24, 2.45) is 11.8 Å². The molecule has 27 heavy (non-hydrogen) atoms. The molecule has 1 aromatic heterocycles. The normalized spacial score (nSPS) is 25.7. The zero-order valence-corrected chi connectivity index (χ0v) is 16.0. The molecule has 2 aromatic rings. The Labute approximate surface area is 158 Å². The molecule has 8 nitrogen and oxygen atoms in total. The van der Waals surface area contributed by atoms with Crippen LogP contribution in [0.1, 0.15) is 18.0 Å². The van der Waals surface area contributed by atoms with E-state index in [1.807, 2.05) is 35.2 Å². The lowest BCUT2D eigenvalue weighted by atomic mass is 9.90. The standard InChI is InChI=1S/C18H23N5O3S/c1-27(25,26)23-10-15-9-22(17(24)7-8-21-12-19-20-13-21)11-16(15)18(23)14-5-3-2-4-6-14/h2-6,12-13,15-16,18H,7-11H2,1H3/t15-,16-,18+/m1/s1. The van der Waals surface area contributed by atoms with Crippen LogP contribution in [0.4, 0.5) is 0 Å². The number of rotatable bonds is 5. The second kappa shape index (κ2) is 7.05. The molecule has 2 aliphatic heterocycles. The van der Waals surface area contributed by atoms with Crippen molar-refractivity contribution in [3.05, 3.63) is 48.5 Å². The highest BCUT2D eigenvalue weighted by Gasteiger charge is 2.51. The third-order valence-electron chi connectivity index (χ3n) is 5.59. The summed E-state index contributed by atoms with van der Waals surface area (Å²) in [5.74, 6) is 0.389. The summed E-state index contributed by atoms with van der Waals surface area (Å²) in [5.41, 5.74) is 0.995. The van der Waals surface area contributed by atoms with Crippen LogP contribution in [0.3, 0.4) is 0 Å². The van der Waals surface area contributed by atoms with E-state index < -0.39 is 10.0 Å². The van der Waals surface area contributed by atoms with Gasteiger partial charge in [-0.15, -0.1) is 10.2 Å². The smallest absolute Gasteiger partial charge is 0.224 e. The van der Waals surface area contributed by atoms with Gasteiger partial charge in [0.25, 0.3) is 0 Å². The lowest BCUT2D eigenvalue weighted by Crippen LogP contribution is -2.37. The first-order valence-corrected chi connectivity index (χ1v) is 10.9. The van der Waals surface area contributed by atoms with Gasteiger partial charge in [-0.3, -0.25) is 4.79 Å². The molecule has 0 N–H and O–H groups in total. The van der Waals surface area contributed by atoms with Gasteiger partial charge in [0.05, 0.1) is 12.3 Å². The molecule has 0 radical (unpaired) electrons. The van der Waals surface area contributed by atoms with E-state index in [-0.39, 0.29) is 23.8 Å². The first-order chi connectivity index (χ1) is 12.9. The number of hydrogen-bond donors (Lipinski definition) is 0. The lowest BCUT2D eigenvalue weighted by molar-refractivity contribution is -0.130. The molecule has 3 heterocycles. The van der Waals surface area contributed by atoms with Crippen LogP contribution in [-0.4, -0.2) is 64.2 Å². The highest BCUT2D eigenvalue weighted by Crippen LogP contribution is 2.46. The summed E-state index contributed by atoms with van der Waals surface area (Å²) in [6.45, 7) is 2.23. The SMILES string of the molecule is CS(=O)(=O)N1C[C@H]2CN(C(=O)CCn3cnnc3)C[C@H]2[C@@H]1c1ccccc1. The zero-order chi connectivity index (χ0) is 19.0. The van der Waals surface area contributed by atoms with Crippen LogP contribution in [0.2, 0.25) is 0 Å². The fraction of sp³-hybridized carbons (Fsp3) is 0.500. The third-order valence-corrected chi connectivity index (χ3v) is 6.82. The molecule has 9 heteroatoms. The Morgan fingerprint density at radius 1 is 1.11 bits per heavy atom. The van der Waals surface area contributed by atoms with Gasteiger partial charge in [-0.05, 0) is 11.5 Å². The molecule has 0 saturated carbocycles. The molecule has 0 spiro atoms. The minimum absolute atomic E-state index is 0.0933. The molecule has 0 unspecified atom stereocenters. The maximum absolute atomic E-state index is 12.6. The van der Waals surface area contributed by atoms with Gasteiger partial charge in [-0.2, -0.15) is 4.31 Å². The van der Waals surface area contributed by atoms with Gasteiger partial charge >= 0.3 is 0 Å². The molecule has 0 aliphatic carbocycles. The molecule has 3 atom stereocenters. The Morgan fingerprint density at radius 3 is 2.48 bits per heavy atom. The summed E-state index contributed by atoms with van der Waals surface area (Å²) >= 11 is 0. The predicted octanol–water partition coefficient (Wildman–Crippen LogP) is 0.759. The second-order valence-electron chi connectivity index (χ2n) is 7.36. The van der Waals surface area contributed by atoms with Gasteiger partial charge in [-0.1, -0.05) is 30.3 Å². The molecule has 4 rings (SSSR count). The number of carbonyl (C=O) groups excluding carboxylic acids is 1. The summed E-state index contributed by atoms with van der Waals surface area (Å²) in [5, 5.41) is 7.49. The van der Waals surface area contributed by atoms with Crippen LogP contribution >= 0.6 is 0 Å². The van der Waals surface area contributed by atoms with Gasteiger partial charge in [-0.25, -0.2) is 8.42 Å². The summed E-state index contributed by atoms with van der Waals surface area (Å²) in [7, 11) is -3.31. The van der Waals surface area contributed by atoms with Gasteiger partial charge in [0.2, 0.25) is 15.9 Å². The Hall–Kier alpha value is -2.26. The molecule has 1 amide bonds. The number of nitrogens with zero attached hydrogens (tertiary/aromatic N) is 5. The van der Waals surface area contributed by atoms with Crippen molar-refractivity contribution in [3.63, 3.8) is 0 Å². The van der Waals surface area contributed by atoms with Crippen molar-refractivity contribution >= 4 is 15.9 Å². The van der Waals surface area contributed by atoms with Crippen LogP contribution in [0.25, 0.3) is 0 Å². The average Bonchev–Trinajstić information content (AvgIpc) is 3.35. The van der Waals surface area contributed by atoms with Gasteiger partial charge in [0, 0.05) is 38.5 Å². The van der Waals surface area contributed by atoms with Crippen molar-refractivity contribution in [1.29, 1.82) is 0 Å². The van der Waals surface area contributed by atoms with Crippen LogP contribution in [0.15, 0.2) is 43.0 Å². The molecule has 2 fully saturated rings. The predicted molar refractivity (Wildman–Crippen MR) is 98.9 cm³/mol. The van der Waals surface area contributed by atoms with Gasteiger partial charge in [0.15, 0.2) is 0 Å². The molecular weight excluding hydrogens is 366 g/mol. The Kier molecular flexibility index (Phi) is 4.73. The third kappa shape index (κ3) is 3.61. The van der Waals surface area contributed by atoms with E-state index in [1.54, 1.807) is 21.5 Å². The monoisotopic (exact) mass is 389 g/mol. The van der Waals surface area contributed by atoms with Crippen LogP contribution in [-0.2, 0) is 21.4 Å². The van der Waals surface area contributed by atoms with E-state index in [2.05, 4.69) is 10.2 Å². The largest absolute Gasteiger partial charge is 0.342 e. The van der Waals surface area contributed by atoms with Gasteiger partial charge in [0.1, 0.15) is 12.7 Å². The van der Waals surface area contributed by atoms with Gasteiger partial charge < -0.3 is 9.47 Å². The van der Waals surface area contributed by atoms with Crippen molar-refractivity contribution in [2.45, 2.75) is 19.0 Å². The van der Waals surface area contributed by atoms with E-state index in [0.717, 1.165) is 5.56 Å². The summed E-state index contributed by atoms with van der Waals surface area (Å²) in [6.07, 6.45) is 4.86. The number of hydrogen-bond acceptors (Lipinski definition) is 5. The van der Waals surface area contributed by atoms with Crippen molar-refractivity contribution < 1.29 is 13.2 Å². The first-order valence-electron chi connectivity index (χ1n) is 9.05. The Bertz CT molecular complexity index is 900. The Balaban J connectivity index is 1.49. The van der Waals surface area contributed by atoms with Crippen molar-refractivity contribution in [3.8, 4) is 0 Å². The molecule has 2 aliphatic rings. The van der Waals surface area contributed by atoms with Crippen LogP contribution in [0, 0.1) is 11.8 Å². The molecular formula is C18H23N5O3S. The topological polar surface area (TPSA) is 88.4 Å². The summed E-state index contributed by atoms with van der Waals surface area (Å²) < 4.78 is 28.0. The van der Waals surface area contributed by atoms with E-state index >= 15 is 0 Å². The second-order valence-corrected chi connectivity index (χ2v) is 9.30. The van der Waals surface area contributed by atoms with Crippen molar-refractivity contribution in [1.82, 2.24) is 24.0 Å². The van der Waals surface area contributed by atoms with E-state index in [1.165, 1.54) is 6.26 Å². The number of carbonyl (C=O) groups is 1. The number of benzene rings is 1. The fourth-order valence-corrected chi connectivity index (χ4v) is 5.49. The van der Waals surface area contributed by atoms with Crippen LogP contribution < -0.4 is 0 Å². The zero-order valence-electron chi connectivity index (χ0n) is 15.2. The quantitative estimate of drug-likeness (QED) is 0.753. The molecule has 0 bridgehead atoms. The van der Waals surface area contributed by atoms with Crippen LogP contribution in [0.5, 0.6) is 0 Å².